The number of thioether (sulfide) groups is 1. The van der Waals surface area contributed by atoms with Gasteiger partial charge in [-0.3, -0.25) is 9.36 Å². The number of nitrogens with zero attached hydrogens (tertiary/aromatic N) is 5. The molecule has 0 radical (unpaired) electrons. The number of amides is 1. The summed E-state index contributed by atoms with van der Waals surface area (Å²) >= 11 is 1.46. The van der Waals surface area contributed by atoms with E-state index in [2.05, 4.69) is 54.2 Å². The first kappa shape index (κ1) is 17.9. The number of aryl methyl sites for hydroxylation is 3. The Morgan fingerprint density at radius 2 is 1.84 bits per heavy atom. The summed E-state index contributed by atoms with van der Waals surface area (Å²) in [5.41, 5.74) is 3.44. The van der Waals surface area contributed by atoms with Crippen molar-refractivity contribution >= 4 is 17.7 Å². The SMILES string of the molecule is Cc1ccc(C)c(-n2c(C)nnc2SCC(=O)N2CCN(C)CC2)c1. The summed E-state index contributed by atoms with van der Waals surface area (Å²) in [6.07, 6.45) is 0. The van der Waals surface area contributed by atoms with Crippen molar-refractivity contribution < 1.29 is 4.79 Å². The summed E-state index contributed by atoms with van der Waals surface area (Å²) in [5.74, 6) is 1.40. The summed E-state index contributed by atoms with van der Waals surface area (Å²) in [5, 5.41) is 9.29. The summed E-state index contributed by atoms with van der Waals surface area (Å²) in [7, 11) is 2.09. The van der Waals surface area contributed by atoms with Crippen molar-refractivity contribution in [1.29, 1.82) is 0 Å². The molecule has 3 rings (SSSR count). The van der Waals surface area contributed by atoms with Gasteiger partial charge in [-0.05, 0) is 45.0 Å². The van der Waals surface area contributed by atoms with Crippen LogP contribution in [0.2, 0.25) is 0 Å². The topological polar surface area (TPSA) is 54.3 Å². The molecule has 1 saturated heterocycles. The van der Waals surface area contributed by atoms with Crippen LogP contribution in [0.15, 0.2) is 23.4 Å². The van der Waals surface area contributed by atoms with Crippen molar-refractivity contribution in [1.82, 2.24) is 24.6 Å². The fourth-order valence-corrected chi connectivity index (χ4v) is 3.84. The maximum absolute atomic E-state index is 12.5. The molecule has 0 unspecified atom stereocenters. The highest BCUT2D eigenvalue weighted by molar-refractivity contribution is 7.99. The molecule has 0 atom stereocenters. The molecule has 1 aliphatic rings. The first-order valence-electron chi connectivity index (χ1n) is 8.54. The minimum Gasteiger partial charge on any atom is -0.339 e. The molecule has 1 aliphatic heterocycles. The zero-order chi connectivity index (χ0) is 18.0. The Hall–Kier alpha value is -1.86. The number of likely N-dealkylation sites (N-methyl/N-ethyl adjacent to an activating group) is 1. The molecule has 25 heavy (non-hydrogen) atoms. The van der Waals surface area contributed by atoms with Gasteiger partial charge in [0, 0.05) is 26.2 Å². The van der Waals surface area contributed by atoms with E-state index in [-0.39, 0.29) is 5.91 Å². The molecule has 0 saturated carbocycles. The van der Waals surface area contributed by atoms with Crippen LogP contribution in [0.4, 0.5) is 0 Å². The van der Waals surface area contributed by atoms with Crippen molar-refractivity contribution in [3.05, 3.63) is 35.2 Å². The number of aromatic nitrogens is 3. The fraction of sp³-hybridized carbons (Fsp3) is 0.500. The van der Waals surface area contributed by atoms with Crippen molar-refractivity contribution in [2.24, 2.45) is 0 Å². The van der Waals surface area contributed by atoms with Gasteiger partial charge in [0.1, 0.15) is 5.82 Å². The second kappa shape index (κ2) is 7.58. The predicted molar refractivity (Wildman–Crippen MR) is 100 cm³/mol. The van der Waals surface area contributed by atoms with Crippen molar-refractivity contribution in [3.8, 4) is 5.69 Å². The Bertz CT molecular complexity index is 765. The molecule has 134 valence electrons. The number of benzene rings is 1. The largest absolute Gasteiger partial charge is 0.339 e. The van der Waals surface area contributed by atoms with E-state index in [0.29, 0.717) is 5.75 Å². The molecule has 0 aliphatic carbocycles. The van der Waals surface area contributed by atoms with E-state index >= 15 is 0 Å². The zero-order valence-electron chi connectivity index (χ0n) is 15.3. The normalized spacial score (nSPS) is 15.6. The first-order chi connectivity index (χ1) is 12.0. The van der Waals surface area contributed by atoms with Gasteiger partial charge in [0.2, 0.25) is 5.91 Å². The number of hydrogen-bond acceptors (Lipinski definition) is 5. The van der Waals surface area contributed by atoms with Gasteiger partial charge in [-0.1, -0.05) is 23.9 Å². The minimum absolute atomic E-state index is 0.172. The zero-order valence-corrected chi connectivity index (χ0v) is 16.1. The lowest BCUT2D eigenvalue weighted by molar-refractivity contribution is -0.129. The number of carbonyl (C=O) groups is 1. The second-order valence-corrected chi connectivity index (χ2v) is 7.57. The van der Waals surface area contributed by atoms with E-state index in [1.807, 2.05) is 16.4 Å². The van der Waals surface area contributed by atoms with Crippen LogP contribution in [-0.2, 0) is 4.79 Å². The number of hydrogen-bond donors (Lipinski definition) is 0. The van der Waals surface area contributed by atoms with Crippen LogP contribution in [0, 0.1) is 20.8 Å². The van der Waals surface area contributed by atoms with Crippen LogP contribution in [0.3, 0.4) is 0 Å². The Morgan fingerprint density at radius 1 is 1.12 bits per heavy atom. The average molecular weight is 359 g/mol. The van der Waals surface area contributed by atoms with Gasteiger partial charge in [0.15, 0.2) is 5.16 Å². The summed E-state index contributed by atoms with van der Waals surface area (Å²) in [4.78, 5) is 16.7. The third-order valence-electron chi connectivity index (χ3n) is 4.58. The Kier molecular flexibility index (Phi) is 5.44. The Balaban J connectivity index is 1.74. The molecule has 0 spiro atoms. The summed E-state index contributed by atoms with van der Waals surface area (Å²) in [6, 6.07) is 6.34. The van der Waals surface area contributed by atoms with Crippen molar-refractivity contribution in [2.75, 3.05) is 39.0 Å². The quantitative estimate of drug-likeness (QED) is 0.782. The fourth-order valence-electron chi connectivity index (χ4n) is 2.95. The molecule has 2 heterocycles. The lowest BCUT2D eigenvalue weighted by atomic mass is 10.1. The van der Waals surface area contributed by atoms with E-state index < -0.39 is 0 Å². The van der Waals surface area contributed by atoms with E-state index in [1.54, 1.807) is 0 Å². The van der Waals surface area contributed by atoms with E-state index in [9.17, 15) is 4.79 Å². The lowest BCUT2D eigenvalue weighted by Crippen LogP contribution is -2.47. The minimum atomic E-state index is 0.172. The van der Waals surface area contributed by atoms with Gasteiger partial charge in [-0.25, -0.2) is 0 Å². The van der Waals surface area contributed by atoms with Gasteiger partial charge in [-0.2, -0.15) is 0 Å². The van der Waals surface area contributed by atoms with Gasteiger partial charge in [-0.15, -0.1) is 10.2 Å². The number of carbonyl (C=O) groups excluding carboxylic acids is 1. The van der Waals surface area contributed by atoms with Gasteiger partial charge < -0.3 is 9.80 Å². The van der Waals surface area contributed by atoms with Crippen LogP contribution in [0.25, 0.3) is 5.69 Å². The maximum atomic E-state index is 12.5. The third kappa shape index (κ3) is 4.04. The first-order valence-corrected chi connectivity index (χ1v) is 9.53. The number of rotatable bonds is 4. The van der Waals surface area contributed by atoms with Crippen LogP contribution in [-0.4, -0.2) is 69.5 Å². The van der Waals surface area contributed by atoms with Gasteiger partial charge in [0.25, 0.3) is 0 Å². The molecule has 0 N–H and O–H groups in total. The molecular formula is C18H25N5OS. The molecule has 6 nitrogen and oxygen atoms in total. The summed E-state index contributed by atoms with van der Waals surface area (Å²) < 4.78 is 2.05. The van der Waals surface area contributed by atoms with Gasteiger partial charge >= 0.3 is 0 Å². The smallest absolute Gasteiger partial charge is 0.233 e. The molecule has 2 aromatic rings. The predicted octanol–water partition coefficient (Wildman–Crippen LogP) is 2.06. The van der Waals surface area contributed by atoms with E-state index in [4.69, 9.17) is 0 Å². The monoisotopic (exact) mass is 359 g/mol. The maximum Gasteiger partial charge on any atom is 0.233 e. The molecule has 1 aromatic heterocycles. The van der Waals surface area contributed by atoms with E-state index in [1.165, 1.54) is 22.9 Å². The van der Waals surface area contributed by atoms with Crippen LogP contribution in [0.5, 0.6) is 0 Å². The van der Waals surface area contributed by atoms with Gasteiger partial charge in [0.05, 0.1) is 11.4 Å². The van der Waals surface area contributed by atoms with Crippen LogP contribution >= 0.6 is 11.8 Å². The molecule has 1 aromatic carbocycles. The van der Waals surface area contributed by atoms with Crippen LogP contribution in [0.1, 0.15) is 17.0 Å². The summed E-state index contributed by atoms with van der Waals surface area (Å²) in [6.45, 7) is 9.59. The second-order valence-electron chi connectivity index (χ2n) is 6.63. The van der Waals surface area contributed by atoms with Crippen molar-refractivity contribution in [3.63, 3.8) is 0 Å². The molecule has 0 bridgehead atoms. The van der Waals surface area contributed by atoms with E-state index in [0.717, 1.165) is 42.8 Å². The highest BCUT2D eigenvalue weighted by Crippen LogP contribution is 2.25. The standard InChI is InChI=1S/C18H25N5OS/c1-13-5-6-14(2)16(11-13)23-15(3)19-20-18(23)25-12-17(24)22-9-7-21(4)8-10-22/h5-6,11H,7-10,12H2,1-4H3. The molecular weight excluding hydrogens is 334 g/mol. The highest BCUT2D eigenvalue weighted by atomic mass is 32.2. The third-order valence-corrected chi connectivity index (χ3v) is 5.50. The van der Waals surface area contributed by atoms with Crippen molar-refractivity contribution in [2.45, 2.75) is 25.9 Å². The lowest BCUT2D eigenvalue weighted by Gasteiger charge is -2.32. The Morgan fingerprint density at radius 3 is 2.56 bits per heavy atom. The average Bonchev–Trinajstić information content (AvgIpc) is 2.96. The molecule has 7 heteroatoms. The molecule has 1 amide bonds. The molecule has 1 fully saturated rings. The Labute approximate surface area is 153 Å². The van der Waals surface area contributed by atoms with Crippen LogP contribution < -0.4 is 0 Å². The number of piperazine rings is 1. The highest BCUT2D eigenvalue weighted by Gasteiger charge is 2.21.